The van der Waals surface area contributed by atoms with Crippen LogP contribution >= 0.6 is 11.8 Å². The van der Waals surface area contributed by atoms with Crippen LogP contribution in [0.15, 0.2) is 0 Å². The lowest BCUT2D eigenvalue weighted by atomic mass is 9.78. The molecule has 0 radical (unpaired) electrons. The Morgan fingerprint density at radius 3 is 2.00 bits per heavy atom. The molecule has 0 bridgehead atoms. The Labute approximate surface area is 97.8 Å². The molecule has 0 rings (SSSR count). The molecule has 0 fully saturated rings. The van der Waals surface area contributed by atoms with Crippen molar-refractivity contribution in [1.29, 1.82) is 0 Å². The molecule has 0 spiro atoms. The van der Waals surface area contributed by atoms with Gasteiger partial charge in [0.15, 0.2) is 0 Å². The largest absolute Gasteiger partial charge is 0.481 e. The highest BCUT2D eigenvalue weighted by Crippen LogP contribution is 2.34. The molecule has 0 atom stereocenters. The van der Waals surface area contributed by atoms with Crippen molar-refractivity contribution in [3.05, 3.63) is 0 Å². The summed E-state index contributed by atoms with van der Waals surface area (Å²) in [6.45, 7) is 8.58. The van der Waals surface area contributed by atoms with Gasteiger partial charge in [0.1, 0.15) is 0 Å². The Balaban J connectivity index is 4.07. The Kier molecular flexibility index (Phi) is 5.71. The molecule has 0 aromatic rings. The van der Waals surface area contributed by atoms with Crippen LogP contribution in [0.4, 0.5) is 0 Å². The van der Waals surface area contributed by atoms with E-state index in [-0.39, 0.29) is 11.8 Å². The summed E-state index contributed by atoms with van der Waals surface area (Å²) >= 11 is 1.86. The minimum atomic E-state index is -0.692. The lowest BCUT2D eigenvalue weighted by Crippen LogP contribution is -2.22. The molecule has 0 aromatic heterocycles. The Bertz CT molecular complexity index is 210. The molecule has 0 aromatic carbocycles. The highest BCUT2D eigenvalue weighted by Gasteiger charge is 2.26. The normalized spacial score (nSPS) is 12.9. The predicted octanol–water partition coefficient (Wildman–Crippen LogP) is 3.66. The lowest BCUT2D eigenvalue weighted by Gasteiger charge is -2.29. The van der Waals surface area contributed by atoms with Crippen LogP contribution in [0.2, 0.25) is 0 Å². The fourth-order valence-electron chi connectivity index (χ4n) is 1.64. The number of hydrogen-bond acceptors (Lipinski definition) is 2. The molecule has 90 valence electrons. The fourth-order valence-corrected chi connectivity index (χ4v) is 2.56. The molecule has 0 aliphatic carbocycles. The molecule has 0 saturated heterocycles. The first-order valence-electron chi connectivity index (χ1n) is 5.39. The van der Waals surface area contributed by atoms with Gasteiger partial charge in [0, 0.05) is 0 Å². The summed E-state index contributed by atoms with van der Waals surface area (Å²) < 4.78 is 0. The van der Waals surface area contributed by atoms with Crippen LogP contribution in [-0.2, 0) is 4.79 Å². The Morgan fingerprint density at radius 1 is 1.13 bits per heavy atom. The number of carboxylic acid groups (broad SMARTS) is 1. The highest BCUT2D eigenvalue weighted by atomic mass is 32.2. The third-order valence-corrected chi connectivity index (χ3v) is 3.71. The summed E-state index contributed by atoms with van der Waals surface area (Å²) in [6, 6.07) is 0. The first kappa shape index (κ1) is 14.8. The van der Waals surface area contributed by atoms with Crippen LogP contribution in [0.3, 0.4) is 0 Å². The summed E-state index contributed by atoms with van der Waals surface area (Å²) in [5, 5.41) is 8.78. The number of hydrogen-bond donors (Lipinski definition) is 1. The quantitative estimate of drug-likeness (QED) is 0.728. The van der Waals surface area contributed by atoms with Crippen molar-refractivity contribution >= 4 is 17.7 Å². The molecule has 0 aliphatic heterocycles. The molecule has 0 unspecified atom stereocenters. The monoisotopic (exact) mass is 232 g/mol. The van der Waals surface area contributed by atoms with E-state index in [1.54, 1.807) is 0 Å². The SMILES string of the molecule is CSCC(C)(C)CCC(C)(C)CC(=O)O. The van der Waals surface area contributed by atoms with Gasteiger partial charge in [0.2, 0.25) is 0 Å². The molecule has 1 N–H and O–H groups in total. The second-order valence-corrected chi connectivity index (χ2v) is 6.70. The average Bonchev–Trinajstić information content (AvgIpc) is 1.99. The van der Waals surface area contributed by atoms with E-state index in [9.17, 15) is 4.79 Å². The maximum atomic E-state index is 10.7. The summed E-state index contributed by atoms with van der Waals surface area (Å²) in [4.78, 5) is 10.7. The maximum absolute atomic E-state index is 10.7. The maximum Gasteiger partial charge on any atom is 0.303 e. The van der Waals surface area contributed by atoms with Gasteiger partial charge in [-0.1, -0.05) is 27.7 Å². The smallest absolute Gasteiger partial charge is 0.303 e. The van der Waals surface area contributed by atoms with E-state index < -0.39 is 5.97 Å². The second-order valence-electron chi connectivity index (χ2n) is 5.83. The van der Waals surface area contributed by atoms with Gasteiger partial charge in [0.05, 0.1) is 6.42 Å². The van der Waals surface area contributed by atoms with Crippen LogP contribution in [-0.4, -0.2) is 23.1 Å². The summed E-state index contributed by atoms with van der Waals surface area (Å²) in [5.41, 5.74) is 0.233. The summed E-state index contributed by atoms with van der Waals surface area (Å²) in [5.74, 6) is 0.443. The predicted molar refractivity (Wildman–Crippen MR) is 67.4 cm³/mol. The van der Waals surface area contributed by atoms with Gasteiger partial charge in [-0.3, -0.25) is 4.79 Å². The van der Waals surface area contributed by atoms with Crippen LogP contribution in [0.5, 0.6) is 0 Å². The minimum absolute atomic E-state index is 0.0818. The Hall–Kier alpha value is -0.180. The van der Waals surface area contributed by atoms with E-state index in [2.05, 4.69) is 20.1 Å². The molecule has 0 heterocycles. The van der Waals surface area contributed by atoms with Crippen molar-refractivity contribution in [2.24, 2.45) is 10.8 Å². The molecule has 0 saturated carbocycles. The van der Waals surface area contributed by atoms with Crippen molar-refractivity contribution in [3.63, 3.8) is 0 Å². The molecule has 0 aliphatic rings. The van der Waals surface area contributed by atoms with Crippen molar-refractivity contribution in [3.8, 4) is 0 Å². The van der Waals surface area contributed by atoms with E-state index in [1.165, 1.54) is 0 Å². The minimum Gasteiger partial charge on any atom is -0.481 e. The van der Waals surface area contributed by atoms with Gasteiger partial charge >= 0.3 is 5.97 Å². The van der Waals surface area contributed by atoms with Gasteiger partial charge in [0.25, 0.3) is 0 Å². The van der Waals surface area contributed by atoms with Crippen LogP contribution in [0.25, 0.3) is 0 Å². The van der Waals surface area contributed by atoms with Crippen molar-refractivity contribution in [2.75, 3.05) is 12.0 Å². The van der Waals surface area contributed by atoms with E-state index >= 15 is 0 Å². The number of thioether (sulfide) groups is 1. The number of carbonyl (C=O) groups is 1. The second kappa shape index (κ2) is 5.78. The Morgan fingerprint density at radius 2 is 1.60 bits per heavy atom. The molecular weight excluding hydrogens is 208 g/mol. The lowest BCUT2D eigenvalue weighted by molar-refractivity contribution is -0.139. The standard InChI is InChI=1S/C12H24O2S/c1-11(2,8-10(13)14)6-7-12(3,4)9-15-5/h6-9H2,1-5H3,(H,13,14). The summed E-state index contributed by atoms with van der Waals surface area (Å²) in [6.07, 6.45) is 4.45. The van der Waals surface area contributed by atoms with Gasteiger partial charge in [-0.2, -0.15) is 11.8 Å². The number of carboxylic acids is 1. The van der Waals surface area contributed by atoms with E-state index in [4.69, 9.17) is 5.11 Å². The fraction of sp³-hybridized carbons (Fsp3) is 0.917. The van der Waals surface area contributed by atoms with Gasteiger partial charge in [-0.15, -0.1) is 0 Å². The van der Waals surface area contributed by atoms with Gasteiger partial charge in [-0.05, 0) is 35.7 Å². The summed E-state index contributed by atoms with van der Waals surface area (Å²) in [7, 11) is 0. The van der Waals surface area contributed by atoms with Crippen LogP contribution in [0, 0.1) is 10.8 Å². The van der Waals surface area contributed by atoms with Gasteiger partial charge < -0.3 is 5.11 Å². The van der Waals surface area contributed by atoms with Crippen molar-refractivity contribution in [1.82, 2.24) is 0 Å². The average molecular weight is 232 g/mol. The molecule has 15 heavy (non-hydrogen) atoms. The molecule has 2 nitrogen and oxygen atoms in total. The highest BCUT2D eigenvalue weighted by molar-refractivity contribution is 7.98. The van der Waals surface area contributed by atoms with E-state index in [0.29, 0.717) is 5.41 Å². The van der Waals surface area contributed by atoms with Crippen molar-refractivity contribution in [2.45, 2.75) is 47.0 Å². The van der Waals surface area contributed by atoms with E-state index in [1.807, 2.05) is 25.6 Å². The molecular formula is C12H24O2S. The zero-order chi connectivity index (χ0) is 12.1. The van der Waals surface area contributed by atoms with Crippen LogP contribution < -0.4 is 0 Å². The molecule has 3 heteroatoms. The topological polar surface area (TPSA) is 37.3 Å². The zero-order valence-electron chi connectivity index (χ0n) is 10.6. The molecule has 0 amide bonds. The zero-order valence-corrected chi connectivity index (χ0v) is 11.4. The van der Waals surface area contributed by atoms with Gasteiger partial charge in [-0.25, -0.2) is 0 Å². The third-order valence-electron chi connectivity index (χ3n) is 2.64. The van der Waals surface area contributed by atoms with Crippen LogP contribution in [0.1, 0.15) is 47.0 Å². The first-order chi connectivity index (χ1) is 6.68. The number of aliphatic carboxylic acids is 1. The van der Waals surface area contributed by atoms with E-state index in [0.717, 1.165) is 18.6 Å². The number of rotatable bonds is 7. The first-order valence-corrected chi connectivity index (χ1v) is 6.79. The van der Waals surface area contributed by atoms with Crippen molar-refractivity contribution < 1.29 is 9.90 Å². The third kappa shape index (κ3) is 7.71.